The van der Waals surface area contributed by atoms with Crippen LogP contribution in [0.1, 0.15) is 32.7 Å². The number of likely N-dealkylation sites (N-methyl/N-ethyl adjacent to an activating group) is 1. The van der Waals surface area contributed by atoms with Crippen LogP contribution in [0, 0.1) is 0 Å². The van der Waals surface area contributed by atoms with E-state index in [0.29, 0.717) is 24.2 Å². The predicted molar refractivity (Wildman–Crippen MR) is 104 cm³/mol. The van der Waals surface area contributed by atoms with Gasteiger partial charge in [0.1, 0.15) is 0 Å². The first kappa shape index (κ1) is 19.7. The molecule has 0 radical (unpaired) electrons. The first-order chi connectivity index (χ1) is 12.6. The van der Waals surface area contributed by atoms with E-state index < -0.39 is 0 Å². The van der Waals surface area contributed by atoms with Gasteiger partial charge in [0.05, 0.1) is 0 Å². The molecule has 0 aliphatic rings. The van der Waals surface area contributed by atoms with Crippen molar-refractivity contribution in [2.45, 2.75) is 12.8 Å². The van der Waals surface area contributed by atoms with E-state index in [9.17, 15) is 9.59 Å². The van der Waals surface area contributed by atoms with Crippen LogP contribution in [0.15, 0.2) is 54.6 Å². The summed E-state index contributed by atoms with van der Waals surface area (Å²) in [6.07, 6.45) is 1.80. The van der Waals surface area contributed by atoms with Crippen molar-refractivity contribution >= 4 is 11.8 Å². The van der Waals surface area contributed by atoms with Crippen LogP contribution in [-0.4, -0.2) is 50.4 Å². The van der Waals surface area contributed by atoms with Crippen LogP contribution < -0.4 is 10.6 Å². The molecule has 2 rings (SSSR count). The normalized spacial score (nSPS) is 10.6. The van der Waals surface area contributed by atoms with Gasteiger partial charge in [0, 0.05) is 30.8 Å². The Balaban J connectivity index is 1.80. The average molecular weight is 353 g/mol. The van der Waals surface area contributed by atoms with E-state index in [0.717, 1.165) is 19.4 Å². The minimum atomic E-state index is -0.162. The van der Waals surface area contributed by atoms with Crippen molar-refractivity contribution in [1.29, 1.82) is 0 Å². The third-order valence-electron chi connectivity index (χ3n) is 4.00. The van der Waals surface area contributed by atoms with E-state index in [1.165, 1.54) is 5.56 Å². The lowest BCUT2D eigenvalue weighted by Gasteiger charge is -2.11. The van der Waals surface area contributed by atoms with Crippen LogP contribution in [0.25, 0.3) is 0 Å². The molecule has 5 heteroatoms. The van der Waals surface area contributed by atoms with Gasteiger partial charge < -0.3 is 15.5 Å². The second-order valence-electron chi connectivity index (χ2n) is 6.49. The molecule has 2 aromatic rings. The second kappa shape index (κ2) is 10.4. The molecule has 5 nitrogen and oxygen atoms in total. The fraction of sp³-hybridized carbons (Fsp3) is 0.333. The van der Waals surface area contributed by atoms with Gasteiger partial charge in [-0.25, -0.2) is 0 Å². The maximum Gasteiger partial charge on any atom is 0.251 e. The molecule has 0 unspecified atom stereocenters. The van der Waals surface area contributed by atoms with E-state index >= 15 is 0 Å². The highest BCUT2D eigenvalue weighted by Gasteiger charge is 2.10. The van der Waals surface area contributed by atoms with Gasteiger partial charge in [-0.15, -0.1) is 0 Å². The molecule has 26 heavy (non-hydrogen) atoms. The Morgan fingerprint density at radius 2 is 1.46 bits per heavy atom. The Morgan fingerprint density at radius 3 is 2.08 bits per heavy atom. The maximum absolute atomic E-state index is 12.3. The Morgan fingerprint density at radius 1 is 0.846 bits per heavy atom. The van der Waals surface area contributed by atoms with Crippen LogP contribution in [0.5, 0.6) is 0 Å². The summed E-state index contributed by atoms with van der Waals surface area (Å²) in [5.41, 5.74) is 2.27. The summed E-state index contributed by atoms with van der Waals surface area (Å²) < 4.78 is 0. The van der Waals surface area contributed by atoms with E-state index in [4.69, 9.17) is 0 Å². The number of carbonyl (C=O) groups is 2. The van der Waals surface area contributed by atoms with E-state index in [1.807, 2.05) is 37.2 Å². The van der Waals surface area contributed by atoms with Crippen molar-refractivity contribution in [3.63, 3.8) is 0 Å². The molecular formula is C21H27N3O2. The molecule has 0 atom stereocenters. The standard InChI is InChI=1S/C21H27N3O2/c1-24(2)15-14-23-21(26)19-12-6-11-18(16-19)20(25)22-13-7-10-17-8-4-3-5-9-17/h3-6,8-9,11-12,16H,7,10,13-15H2,1-2H3,(H,22,25)(H,23,26). The molecular weight excluding hydrogens is 326 g/mol. The van der Waals surface area contributed by atoms with Gasteiger partial charge in [-0.3, -0.25) is 9.59 Å². The molecule has 0 fully saturated rings. The maximum atomic E-state index is 12.3. The lowest BCUT2D eigenvalue weighted by Crippen LogP contribution is -2.31. The van der Waals surface area contributed by atoms with Crippen molar-refractivity contribution in [3.05, 3.63) is 71.3 Å². The van der Waals surface area contributed by atoms with Crippen molar-refractivity contribution in [1.82, 2.24) is 15.5 Å². The van der Waals surface area contributed by atoms with Crippen LogP contribution in [0.3, 0.4) is 0 Å². The molecule has 0 heterocycles. The number of nitrogens with one attached hydrogen (secondary N) is 2. The summed E-state index contributed by atoms with van der Waals surface area (Å²) in [4.78, 5) is 26.4. The number of carbonyl (C=O) groups excluding carboxylic acids is 2. The third-order valence-corrected chi connectivity index (χ3v) is 4.00. The predicted octanol–water partition coefficient (Wildman–Crippen LogP) is 2.34. The van der Waals surface area contributed by atoms with Crippen molar-refractivity contribution in [2.24, 2.45) is 0 Å². The van der Waals surface area contributed by atoms with Gasteiger partial charge in [-0.1, -0.05) is 36.4 Å². The number of hydrogen-bond acceptors (Lipinski definition) is 3. The molecule has 0 bridgehead atoms. The second-order valence-corrected chi connectivity index (χ2v) is 6.49. The van der Waals surface area contributed by atoms with Gasteiger partial charge in [-0.05, 0) is 50.7 Å². The van der Waals surface area contributed by atoms with Crippen LogP contribution in [-0.2, 0) is 6.42 Å². The summed E-state index contributed by atoms with van der Waals surface area (Å²) >= 11 is 0. The quantitative estimate of drug-likeness (QED) is 0.680. The largest absolute Gasteiger partial charge is 0.352 e. The summed E-state index contributed by atoms with van der Waals surface area (Å²) in [6.45, 7) is 1.95. The van der Waals surface area contributed by atoms with Crippen LogP contribution >= 0.6 is 0 Å². The molecule has 2 N–H and O–H groups in total. The third kappa shape index (κ3) is 6.69. The smallest absolute Gasteiger partial charge is 0.251 e. The molecule has 0 aliphatic heterocycles. The Hall–Kier alpha value is -2.66. The summed E-state index contributed by atoms with van der Waals surface area (Å²) in [5, 5.41) is 5.77. The topological polar surface area (TPSA) is 61.4 Å². The Bertz CT molecular complexity index is 714. The number of rotatable bonds is 9. The van der Waals surface area contributed by atoms with Gasteiger partial charge in [0.25, 0.3) is 11.8 Å². The molecule has 0 aliphatic carbocycles. The SMILES string of the molecule is CN(C)CCNC(=O)c1cccc(C(=O)NCCCc2ccccc2)c1. The number of hydrogen-bond donors (Lipinski definition) is 2. The van der Waals surface area contributed by atoms with Crippen molar-refractivity contribution in [3.8, 4) is 0 Å². The number of nitrogens with zero attached hydrogens (tertiary/aromatic N) is 1. The Labute approximate surface area is 155 Å². The fourth-order valence-electron chi connectivity index (χ4n) is 2.54. The monoisotopic (exact) mass is 353 g/mol. The summed E-state index contributed by atoms with van der Waals surface area (Å²) in [6, 6.07) is 17.0. The molecule has 138 valence electrons. The molecule has 0 saturated carbocycles. The van der Waals surface area contributed by atoms with Crippen LogP contribution in [0.2, 0.25) is 0 Å². The van der Waals surface area contributed by atoms with E-state index in [-0.39, 0.29) is 11.8 Å². The number of benzene rings is 2. The number of aryl methyl sites for hydroxylation is 1. The first-order valence-corrected chi connectivity index (χ1v) is 8.91. The molecule has 0 aromatic heterocycles. The first-order valence-electron chi connectivity index (χ1n) is 8.91. The van der Waals surface area contributed by atoms with Crippen molar-refractivity contribution < 1.29 is 9.59 Å². The van der Waals surface area contributed by atoms with Gasteiger partial charge >= 0.3 is 0 Å². The van der Waals surface area contributed by atoms with Crippen molar-refractivity contribution in [2.75, 3.05) is 33.7 Å². The highest BCUT2D eigenvalue weighted by molar-refractivity contribution is 5.99. The van der Waals surface area contributed by atoms with Gasteiger partial charge in [-0.2, -0.15) is 0 Å². The Kier molecular flexibility index (Phi) is 7.83. The minimum absolute atomic E-state index is 0.152. The molecule has 2 aromatic carbocycles. The van der Waals surface area contributed by atoms with Gasteiger partial charge in [0.2, 0.25) is 0 Å². The van der Waals surface area contributed by atoms with Crippen LogP contribution in [0.4, 0.5) is 0 Å². The van der Waals surface area contributed by atoms with E-state index in [1.54, 1.807) is 24.3 Å². The number of amides is 2. The highest BCUT2D eigenvalue weighted by Crippen LogP contribution is 2.06. The zero-order valence-electron chi connectivity index (χ0n) is 15.5. The average Bonchev–Trinajstić information content (AvgIpc) is 2.65. The zero-order chi connectivity index (χ0) is 18.8. The molecule has 0 spiro atoms. The fourth-order valence-corrected chi connectivity index (χ4v) is 2.54. The summed E-state index contributed by atoms with van der Waals surface area (Å²) in [5.74, 6) is -0.313. The zero-order valence-corrected chi connectivity index (χ0v) is 15.5. The highest BCUT2D eigenvalue weighted by atomic mass is 16.2. The molecule has 0 saturated heterocycles. The summed E-state index contributed by atoms with van der Waals surface area (Å²) in [7, 11) is 3.91. The van der Waals surface area contributed by atoms with E-state index in [2.05, 4.69) is 22.8 Å². The minimum Gasteiger partial charge on any atom is -0.352 e. The van der Waals surface area contributed by atoms with Gasteiger partial charge in [0.15, 0.2) is 0 Å². The molecule has 2 amide bonds. The lowest BCUT2D eigenvalue weighted by atomic mass is 10.1. The lowest BCUT2D eigenvalue weighted by molar-refractivity contribution is 0.0951.